The number of Topliss-reactive ketones (excluding diaryl/α,β-unsaturated/α-hetero) is 1. The third kappa shape index (κ3) is 4.58. The van der Waals surface area contributed by atoms with Crippen molar-refractivity contribution in [3.05, 3.63) is 40.6 Å². The van der Waals surface area contributed by atoms with Crippen LogP contribution in [0.2, 0.25) is 5.02 Å². The van der Waals surface area contributed by atoms with E-state index in [0.29, 0.717) is 22.2 Å². The summed E-state index contributed by atoms with van der Waals surface area (Å²) in [4.78, 5) is 28.1. The zero-order chi connectivity index (χ0) is 17.1. The van der Waals surface area contributed by atoms with Crippen molar-refractivity contribution < 1.29 is 9.59 Å². The van der Waals surface area contributed by atoms with Crippen molar-refractivity contribution in [1.29, 1.82) is 0 Å². The molecule has 1 amide bonds. The van der Waals surface area contributed by atoms with Gasteiger partial charge in [-0.2, -0.15) is 0 Å². The molecule has 0 bridgehead atoms. The highest BCUT2D eigenvalue weighted by atomic mass is 35.5. The molecule has 0 spiro atoms. The molecule has 2 rings (SSSR count). The molecular weight excluding hydrogens is 312 g/mol. The van der Waals surface area contributed by atoms with E-state index in [9.17, 15) is 9.59 Å². The molecule has 1 aliphatic rings. The summed E-state index contributed by atoms with van der Waals surface area (Å²) < 4.78 is 0. The molecule has 0 unspecified atom stereocenters. The molecule has 0 aromatic heterocycles. The van der Waals surface area contributed by atoms with Crippen LogP contribution in [0.1, 0.15) is 36.5 Å². The summed E-state index contributed by atoms with van der Waals surface area (Å²) in [5.74, 6) is 0.429. The van der Waals surface area contributed by atoms with Crippen LogP contribution in [-0.4, -0.2) is 37.7 Å². The minimum atomic E-state index is -0.137. The second-order valence-electron chi connectivity index (χ2n) is 6.33. The van der Waals surface area contributed by atoms with Gasteiger partial charge in [0.15, 0.2) is 5.78 Å². The lowest BCUT2D eigenvalue weighted by atomic mass is 9.97. The Morgan fingerprint density at radius 3 is 2.43 bits per heavy atom. The molecule has 1 aromatic rings. The van der Waals surface area contributed by atoms with E-state index in [-0.39, 0.29) is 11.7 Å². The van der Waals surface area contributed by atoms with Crippen LogP contribution in [0.3, 0.4) is 0 Å². The molecule has 5 heteroatoms. The average Bonchev–Trinajstić information content (AvgIpc) is 3.28. The second-order valence-corrected chi connectivity index (χ2v) is 6.77. The number of benzene rings is 1. The van der Waals surface area contributed by atoms with Crippen molar-refractivity contribution in [2.24, 2.45) is 5.92 Å². The predicted molar refractivity (Wildman–Crippen MR) is 94.0 cm³/mol. The number of halogens is 1. The highest BCUT2D eigenvalue weighted by molar-refractivity contribution is 6.31. The quantitative estimate of drug-likeness (QED) is 0.587. The number of rotatable bonds is 6. The van der Waals surface area contributed by atoms with Gasteiger partial charge in [0.05, 0.1) is 5.69 Å². The van der Waals surface area contributed by atoms with Gasteiger partial charge in [-0.1, -0.05) is 11.6 Å². The summed E-state index contributed by atoms with van der Waals surface area (Å²) in [7, 11) is 5.47. The summed E-state index contributed by atoms with van der Waals surface area (Å²) >= 11 is 6.06. The molecule has 4 nitrogen and oxygen atoms in total. The van der Waals surface area contributed by atoms with E-state index in [0.717, 1.165) is 12.0 Å². The van der Waals surface area contributed by atoms with Gasteiger partial charge in [0.2, 0.25) is 5.91 Å². The van der Waals surface area contributed by atoms with E-state index in [4.69, 9.17) is 11.6 Å². The molecular formula is C18H23ClN2O2. The Balaban J connectivity index is 2.41. The summed E-state index contributed by atoms with van der Waals surface area (Å²) in [6, 6.07) is 5.06. The van der Waals surface area contributed by atoms with E-state index in [1.165, 1.54) is 24.7 Å². The number of ketones is 1. The van der Waals surface area contributed by atoms with E-state index in [2.05, 4.69) is 0 Å². The molecule has 0 heterocycles. The molecule has 1 saturated carbocycles. The summed E-state index contributed by atoms with van der Waals surface area (Å²) in [6.07, 6.45) is 5.02. The Bertz CT molecular complexity index is 648. The minimum Gasteiger partial charge on any atom is -0.383 e. The topological polar surface area (TPSA) is 40.6 Å². The summed E-state index contributed by atoms with van der Waals surface area (Å²) in [5.41, 5.74) is 1.84. The molecule has 0 radical (unpaired) electrons. The number of nitrogens with zero attached hydrogens (tertiary/aromatic N) is 2. The normalized spacial score (nSPS) is 14.6. The molecule has 23 heavy (non-hydrogen) atoms. The molecule has 1 aliphatic carbocycles. The van der Waals surface area contributed by atoms with Gasteiger partial charge in [0.1, 0.15) is 0 Å². The van der Waals surface area contributed by atoms with E-state index < -0.39 is 0 Å². The molecule has 124 valence electrons. The SMILES string of the molecule is CC(=O)N(C)c1cc(Cl)ccc1C(=O)C(=CN(C)C)CC1CC1. The average molecular weight is 335 g/mol. The van der Waals surface area contributed by atoms with Gasteiger partial charge in [0.25, 0.3) is 0 Å². The molecule has 0 N–H and O–H groups in total. The van der Waals surface area contributed by atoms with Gasteiger partial charge < -0.3 is 9.80 Å². The third-order valence-corrected chi connectivity index (χ3v) is 4.18. The van der Waals surface area contributed by atoms with Crippen molar-refractivity contribution >= 4 is 29.0 Å². The standard InChI is InChI=1S/C18H23ClN2O2/c1-12(22)21(4)17-10-15(19)7-8-16(17)18(23)14(11-20(2)3)9-13-5-6-13/h7-8,10-11,13H,5-6,9H2,1-4H3. The molecule has 1 fully saturated rings. The molecule has 1 aromatic carbocycles. The van der Waals surface area contributed by atoms with Gasteiger partial charge in [-0.05, 0) is 43.4 Å². The summed E-state index contributed by atoms with van der Waals surface area (Å²) in [6.45, 7) is 1.47. The number of hydrogen-bond donors (Lipinski definition) is 0. The Morgan fingerprint density at radius 2 is 1.91 bits per heavy atom. The third-order valence-electron chi connectivity index (χ3n) is 3.95. The number of carbonyl (C=O) groups is 2. The highest BCUT2D eigenvalue weighted by Gasteiger charge is 2.27. The zero-order valence-corrected chi connectivity index (χ0v) is 14.9. The van der Waals surface area contributed by atoms with Gasteiger partial charge in [-0.15, -0.1) is 0 Å². The lowest BCUT2D eigenvalue weighted by Gasteiger charge is -2.20. The van der Waals surface area contributed by atoms with Crippen LogP contribution in [0.4, 0.5) is 5.69 Å². The van der Waals surface area contributed by atoms with Crippen molar-refractivity contribution in [3.8, 4) is 0 Å². The number of allylic oxidation sites excluding steroid dienone is 1. The van der Waals surface area contributed by atoms with E-state index in [1.807, 2.05) is 25.2 Å². The Morgan fingerprint density at radius 1 is 1.26 bits per heavy atom. The number of anilines is 1. The van der Waals surface area contributed by atoms with Crippen LogP contribution in [0.5, 0.6) is 0 Å². The fourth-order valence-corrected chi connectivity index (χ4v) is 2.63. The van der Waals surface area contributed by atoms with Crippen LogP contribution in [-0.2, 0) is 4.79 Å². The maximum Gasteiger partial charge on any atom is 0.223 e. The molecule has 0 saturated heterocycles. The first-order chi connectivity index (χ1) is 10.8. The Labute approximate surface area is 142 Å². The first kappa shape index (κ1) is 17.5. The van der Waals surface area contributed by atoms with E-state index in [1.54, 1.807) is 25.2 Å². The van der Waals surface area contributed by atoms with Gasteiger partial charge >= 0.3 is 0 Å². The van der Waals surface area contributed by atoms with Crippen molar-refractivity contribution in [2.45, 2.75) is 26.2 Å². The largest absolute Gasteiger partial charge is 0.383 e. The molecule has 0 atom stereocenters. The van der Waals surface area contributed by atoms with Crippen molar-refractivity contribution in [3.63, 3.8) is 0 Å². The van der Waals surface area contributed by atoms with Gasteiger partial charge in [-0.3, -0.25) is 9.59 Å². The lowest BCUT2D eigenvalue weighted by molar-refractivity contribution is -0.116. The van der Waals surface area contributed by atoms with Crippen LogP contribution < -0.4 is 4.90 Å². The predicted octanol–water partition coefficient (Wildman–Crippen LogP) is 3.75. The lowest BCUT2D eigenvalue weighted by Crippen LogP contribution is -2.25. The monoisotopic (exact) mass is 334 g/mol. The number of amides is 1. The second kappa shape index (κ2) is 7.18. The fraction of sp³-hybridized carbons (Fsp3) is 0.444. The maximum absolute atomic E-state index is 13.0. The minimum absolute atomic E-state index is 0.0367. The summed E-state index contributed by atoms with van der Waals surface area (Å²) in [5, 5.41) is 0.505. The number of hydrogen-bond acceptors (Lipinski definition) is 3. The van der Waals surface area contributed by atoms with Crippen LogP contribution >= 0.6 is 11.6 Å². The first-order valence-electron chi connectivity index (χ1n) is 7.75. The van der Waals surface area contributed by atoms with Crippen LogP contribution in [0.15, 0.2) is 30.0 Å². The van der Waals surface area contributed by atoms with E-state index >= 15 is 0 Å². The Hall–Kier alpha value is -1.81. The van der Waals surface area contributed by atoms with Crippen molar-refractivity contribution in [1.82, 2.24) is 4.90 Å². The van der Waals surface area contributed by atoms with Gasteiger partial charge in [0, 0.05) is 50.4 Å². The number of carbonyl (C=O) groups excluding carboxylic acids is 2. The Kier molecular flexibility index (Phi) is 5.47. The fourth-order valence-electron chi connectivity index (χ4n) is 2.47. The highest BCUT2D eigenvalue weighted by Crippen LogP contribution is 2.37. The smallest absolute Gasteiger partial charge is 0.223 e. The van der Waals surface area contributed by atoms with Crippen molar-refractivity contribution in [2.75, 3.05) is 26.0 Å². The zero-order valence-electron chi connectivity index (χ0n) is 14.1. The molecule has 0 aliphatic heterocycles. The van der Waals surface area contributed by atoms with Crippen LogP contribution in [0.25, 0.3) is 0 Å². The first-order valence-corrected chi connectivity index (χ1v) is 8.13. The van der Waals surface area contributed by atoms with Crippen LogP contribution in [0, 0.1) is 5.92 Å². The van der Waals surface area contributed by atoms with Gasteiger partial charge in [-0.25, -0.2) is 0 Å². The maximum atomic E-state index is 13.0.